The Morgan fingerprint density at radius 1 is 1.17 bits per heavy atom. The van der Waals surface area contributed by atoms with Crippen LogP contribution in [0, 0.1) is 12.8 Å². The topological polar surface area (TPSA) is 86.8 Å². The van der Waals surface area contributed by atoms with E-state index in [9.17, 15) is 19.2 Å². The van der Waals surface area contributed by atoms with Crippen LogP contribution in [0.25, 0.3) is 0 Å². The Balaban J connectivity index is 2.07. The van der Waals surface area contributed by atoms with E-state index in [1.54, 1.807) is 6.07 Å². The molecule has 0 aromatic heterocycles. The molecule has 0 atom stereocenters. The van der Waals surface area contributed by atoms with E-state index in [1.807, 2.05) is 32.9 Å². The van der Waals surface area contributed by atoms with E-state index < -0.39 is 30.3 Å². The molecule has 1 aliphatic rings. The Bertz CT molecular complexity index is 717. The zero-order valence-electron chi connectivity index (χ0n) is 13.6. The maximum absolute atomic E-state index is 12.2. The molecule has 8 heteroatoms. The second-order valence-corrected chi connectivity index (χ2v) is 6.87. The third kappa shape index (κ3) is 3.81. The van der Waals surface area contributed by atoms with Gasteiger partial charge in [-0.3, -0.25) is 19.3 Å². The number of rotatable bonds is 5. The number of halogens is 1. The van der Waals surface area contributed by atoms with Crippen molar-refractivity contribution in [3.8, 4) is 0 Å². The van der Waals surface area contributed by atoms with Crippen LogP contribution < -0.4 is 5.32 Å². The van der Waals surface area contributed by atoms with Crippen LogP contribution in [0.1, 0.15) is 19.4 Å². The Labute approximate surface area is 148 Å². The number of amides is 5. The number of aryl methyl sites for hydroxylation is 1. The van der Waals surface area contributed by atoms with Gasteiger partial charge in [-0.15, -0.1) is 0 Å². The van der Waals surface area contributed by atoms with Gasteiger partial charge in [0.05, 0.1) is 5.69 Å². The molecule has 5 amide bonds. The number of urea groups is 1. The number of anilines is 1. The Kier molecular flexibility index (Phi) is 5.38. The zero-order chi connectivity index (χ0) is 18.0. The number of hydrogen-bond donors (Lipinski definition) is 1. The van der Waals surface area contributed by atoms with Gasteiger partial charge in [0, 0.05) is 11.0 Å². The average Bonchev–Trinajstić information content (AvgIpc) is 2.67. The maximum atomic E-state index is 12.2. The summed E-state index contributed by atoms with van der Waals surface area (Å²) in [6.45, 7) is 5.21. The third-order valence-electron chi connectivity index (χ3n) is 3.38. The highest BCUT2D eigenvalue weighted by Gasteiger charge is 2.45. The summed E-state index contributed by atoms with van der Waals surface area (Å²) in [5, 5.41) is 2.61. The van der Waals surface area contributed by atoms with E-state index in [4.69, 9.17) is 0 Å². The molecule has 1 heterocycles. The molecule has 0 aliphatic carbocycles. The number of nitrogens with one attached hydrogen (secondary N) is 1. The molecule has 7 nitrogen and oxygen atoms in total. The van der Waals surface area contributed by atoms with Crippen LogP contribution in [0.5, 0.6) is 0 Å². The second-order valence-electron chi connectivity index (χ2n) is 6.01. The first-order valence-corrected chi connectivity index (χ1v) is 8.23. The number of carbonyl (C=O) groups excluding carboxylic acids is 4. The summed E-state index contributed by atoms with van der Waals surface area (Å²) in [4.78, 5) is 49.7. The lowest BCUT2D eigenvalue weighted by atomic mass is 10.2. The molecule has 0 spiro atoms. The van der Waals surface area contributed by atoms with Crippen LogP contribution in [0.4, 0.5) is 10.5 Å². The van der Waals surface area contributed by atoms with Crippen molar-refractivity contribution in [3.63, 3.8) is 0 Å². The van der Waals surface area contributed by atoms with Gasteiger partial charge in [0.25, 0.3) is 0 Å². The molecule has 1 aromatic carbocycles. The molecule has 1 saturated heterocycles. The largest absolute Gasteiger partial charge is 0.334 e. The molecule has 1 N–H and O–H groups in total. The minimum atomic E-state index is -0.973. The number of benzene rings is 1. The van der Waals surface area contributed by atoms with Gasteiger partial charge in [-0.25, -0.2) is 9.69 Å². The fraction of sp³-hybridized carbons (Fsp3) is 0.375. The molecule has 0 saturated carbocycles. The summed E-state index contributed by atoms with van der Waals surface area (Å²) < 4.78 is 0.687. The van der Waals surface area contributed by atoms with Gasteiger partial charge < -0.3 is 5.32 Å². The highest BCUT2D eigenvalue weighted by atomic mass is 79.9. The second kappa shape index (κ2) is 7.12. The van der Waals surface area contributed by atoms with Gasteiger partial charge in [-0.05, 0) is 46.5 Å². The normalized spacial score (nSPS) is 14.8. The fourth-order valence-electron chi connectivity index (χ4n) is 2.27. The van der Waals surface area contributed by atoms with Crippen molar-refractivity contribution in [2.45, 2.75) is 20.8 Å². The maximum Gasteiger partial charge on any atom is 0.334 e. The van der Waals surface area contributed by atoms with Crippen molar-refractivity contribution in [2.75, 3.05) is 18.4 Å². The first-order chi connectivity index (χ1) is 11.2. The molecular formula is C16H18BrN3O4. The van der Waals surface area contributed by atoms with Crippen molar-refractivity contribution in [1.82, 2.24) is 9.80 Å². The zero-order valence-corrected chi connectivity index (χ0v) is 15.2. The van der Waals surface area contributed by atoms with Crippen molar-refractivity contribution < 1.29 is 19.2 Å². The highest BCUT2D eigenvalue weighted by molar-refractivity contribution is 9.10. The highest BCUT2D eigenvalue weighted by Crippen LogP contribution is 2.23. The predicted octanol–water partition coefficient (Wildman–Crippen LogP) is 2.14. The lowest BCUT2D eigenvalue weighted by molar-refractivity contribution is -0.143. The van der Waals surface area contributed by atoms with E-state index in [0.717, 1.165) is 10.5 Å². The molecule has 24 heavy (non-hydrogen) atoms. The molecule has 1 fully saturated rings. The number of carbonyl (C=O) groups is 4. The van der Waals surface area contributed by atoms with Gasteiger partial charge in [-0.2, -0.15) is 0 Å². The molecule has 0 radical (unpaired) electrons. The van der Waals surface area contributed by atoms with Gasteiger partial charge in [0.15, 0.2) is 0 Å². The first-order valence-electron chi connectivity index (χ1n) is 7.44. The minimum absolute atomic E-state index is 0.0305. The van der Waals surface area contributed by atoms with Gasteiger partial charge >= 0.3 is 17.8 Å². The van der Waals surface area contributed by atoms with E-state index in [1.165, 1.54) is 0 Å². The molecular weight excluding hydrogens is 378 g/mol. The average molecular weight is 396 g/mol. The van der Waals surface area contributed by atoms with Gasteiger partial charge in [0.1, 0.15) is 6.54 Å². The summed E-state index contributed by atoms with van der Waals surface area (Å²) in [6, 6.07) is 4.61. The predicted molar refractivity (Wildman–Crippen MR) is 91.2 cm³/mol. The fourth-order valence-corrected chi connectivity index (χ4v) is 2.86. The lowest BCUT2D eigenvalue weighted by Crippen LogP contribution is -2.39. The molecule has 0 unspecified atom stereocenters. The molecule has 2 rings (SSSR count). The summed E-state index contributed by atoms with van der Waals surface area (Å²) in [5.74, 6) is -2.39. The van der Waals surface area contributed by atoms with Crippen LogP contribution >= 0.6 is 15.9 Å². The van der Waals surface area contributed by atoms with Crippen LogP contribution in [0.2, 0.25) is 0 Å². The molecule has 1 aromatic rings. The quantitative estimate of drug-likeness (QED) is 0.611. The standard InChI is InChI=1S/C16H18BrN3O4/c1-9(2)7-19-14(22)15(23)20(16(19)24)8-13(21)18-12-5-4-10(3)6-11(12)17/h4-6,9H,7-8H2,1-3H3,(H,18,21). The summed E-state index contributed by atoms with van der Waals surface area (Å²) in [7, 11) is 0. The van der Waals surface area contributed by atoms with Crippen molar-refractivity contribution in [3.05, 3.63) is 28.2 Å². The molecule has 1 aliphatic heterocycles. The SMILES string of the molecule is Cc1ccc(NC(=O)CN2C(=O)C(=O)N(CC(C)C)C2=O)c(Br)c1. The van der Waals surface area contributed by atoms with E-state index in [0.29, 0.717) is 15.1 Å². The van der Waals surface area contributed by atoms with Crippen LogP contribution in [0.3, 0.4) is 0 Å². The van der Waals surface area contributed by atoms with E-state index in [-0.39, 0.29) is 12.5 Å². The lowest BCUT2D eigenvalue weighted by Gasteiger charge is -2.17. The van der Waals surface area contributed by atoms with Crippen LogP contribution in [0.15, 0.2) is 22.7 Å². The van der Waals surface area contributed by atoms with Crippen LogP contribution in [-0.4, -0.2) is 46.6 Å². The Hall–Kier alpha value is -2.22. The van der Waals surface area contributed by atoms with Gasteiger partial charge in [-0.1, -0.05) is 19.9 Å². The Morgan fingerprint density at radius 3 is 2.38 bits per heavy atom. The van der Waals surface area contributed by atoms with E-state index >= 15 is 0 Å². The Morgan fingerprint density at radius 2 is 1.79 bits per heavy atom. The summed E-state index contributed by atoms with van der Waals surface area (Å²) >= 11 is 3.33. The number of hydrogen-bond acceptors (Lipinski definition) is 4. The smallest absolute Gasteiger partial charge is 0.323 e. The monoisotopic (exact) mass is 395 g/mol. The summed E-state index contributed by atoms with van der Waals surface area (Å²) in [5.41, 5.74) is 1.54. The van der Waals surface area contributed by atoms with E-state index in [2.05, 4.69) is 21.2 Å². The molecule has 128 valence electrons. The van der Waals surface area contributed by atoms with Gasteiger partial charge in [0.2, 0.25) is 5.91 Å². The molecule has 0 bridgehead atoms. The summed E-state index contributed by atoms with van der Waals surface area (Å²) in [6.07, 6.45) is 0. The van der Waals surface area contributed by atoms with Crippen molar-refractivity contribution in [1.29, 1.82) is 0 Å². The number of nitrogens with zero attached hydrogens (tertiary/aromatic N) is 2. The number of imide groups is 2. The first kappa shape index (κ1) is 18.1. The van der Waals surface area contributed by atoms with Crippen molar-refractivity contribution in [2.24, 2.45) is 5.92 Å². The van der Waals surface area contributed by atoms with Crippen molar-refractivity contribution >= 4 is 45.4 Å². The van der Waals surface area contributed by atoms with Crippen LogP contribution in [-0.2, 0) is 14.4 Å². The minimum Gasteiger partial charge on any atom is -0.323 e. The third-order valence-corrected chi connectivity index (χ3v) is 4.04.